The summed E-state index contributed by atoms with van der Waals surface area (Å²) in [7, 11) is 0. The molecule has 0 atom stereocenters. The van der Waals surface area contributed by atoms with Crippen molar-refractivity contribution in [3.8, 4) is 0 Å². The molecule has 0 fully saturated rings. The number of aromatic nitrogens is 2. The first-order valence-electron chi connectivity index (χ1n) is 6.92. The van der Waals surface area contributed by atoms with Gasteiger partial charge in [-0.1, -0.05) is 30.3 Å². The van der Waals surface area contributed by atoms with Crippen LogP contribution < -0.4 is 5.56 Å². The van der Waals surface area contributed by atoms with Crippen LogP contribution in [0.25, 0.3) is 11.0 Å². The maximum absolute atomic E-state index is 12.4. The summed E-state index contributed by atoms with van der Waals surface area (Å²) < 4.78 is 1.44. The molecule has 3 rings (SSSR count). The molecule has 0 radical (unpaired) electrons. The van der Waals surface area contributed by atoms with E-state index in [0.717, 1.165) is 5.56 Å². The summed E-state index contributed by atoms with van der Waals surface area (Å²) in [5, 5.41) is 9.85. The first-order valence-corrected chi connectivity index (χ1v) is 6.92. The van der Waals surface area contributed by atoms with Gasteiger partial charge >= 0.3 is 5.97 Å². The van der Waals surface area contributed by atoms with Crippen molar-refractivity contribution in [3.05, 3.63) is 76.2 Å². The van der Waals surface area contributed by atoms with Gasteiger partial charge in [-0.25, -0.2) is 9.78 Å². The molecule has 0 aliphatic rings. The first kappa shape index (κ1) is 14.0. The number of aromatic carboxylic acids is 1. The van der Waals surface area contributed by atoms with Gasteiger partial charge in [0, 0.05) is 18.1 Å². The van der Waals surface area contributed by atoms with Crippen LogP contribution in [0.1, 0.15) is 15.9 Å². The van der Waals surface area contributed by atoms with Gasteiger partial charge in [0.1, 0.15) is 11.2 Å². The predicted molar refractivity (Wildman–Crippen MR) is 83.1 cm³/mol. The Balaban J connectivity index is 2.08. The van der Waals surface area contributed by atoms with Gasteiger partial charge in [0.25, 0.3) is 5.56 Å². The lowest BCUT2D eigenvalue weighted by atomic mass is 10.1. The Hall–Kier alpha value is -2.95. The molecule has 0 bridgehead atoms. The lowest BCUT2D eigenvalue weighted by Crippen LogP contribution is -2.27. The number of rotatable bonds is 4. The Morgan fingerprint density at radius 3 is 2.64 bits per heavy atom. The third-order valence-electron chi connectivity index (χ3n) is 3.55. The van der Waals surface area contributed by atoms with Crippen molar-refractivity contribution in [3.63, 3.8) is 0 Å². The van der Waals surface area contributed by atoms with Crippen molar-refractivity contribution < 1.29 is 9.90 Å². The number of carbonyl (C=O) groups is 1. The highest BCUT2D eigenvalue weighted by atomic mass is 16.4. The second-order valence-electron chi connectivity index (χ2n) is 4.97. The average Bonchev–Trinajstić information content (AvgIpc) is 2.54. The third-order valence-corrected chi connectivity index (χ3v) is 3.55. The smallest absolute Gasteiger partial charge is 0.341 e. The SMILES string of the molecule is O=C(O)c1cc2cccnc2n(CCc2ccccc2)c1=O. The van der Waals surface area contributed by atoms with Crippen molar-refractivity contribution in [2.45, 2.75) is 13.0 Å². The Morgan fingerprint density at radius 1 is 1.14 bits per heavy atom. The summed E-state index contributed by atoms with van der Waals surface area (Å²) >= 11 is 0. The molecular weight excluding hydrogens is 280 g/mol. The molecule has 110 valence electrons. The molecule has 0 spiro atoms. The zero-order valence-corrected chi connectivity index (χ0v) is 11.8. The summed E-state index contributed by atoms with van der Waals surface area (Å²) in [4.78, 5) is 27.9. The standard InChI is InChI=1S/C17H14N2O3/c20-16-14(17(21)22)11-13-7-4-9-18-15(13)19(16)10-8-12-5-2-1-3-6-12/h1-7,9,11H,8,10H2,(H,21,22). The van der Waals surface area contributed by atoms with Gasteiger partial charge < -0.3 is 5.11 Å². The zero-order valence-electron chi connectivity index (χ0n) is 11.8. The van der Waals surface area contributed by atoms with E-state index in [1.54, 1.807) is 18.3 Å². The van der Waals surface area contributed by atoms with Crippen molar-refractivity contribution in [1.82, 2.24) is 9.55 Å². The fraction of sp³-hybridized carbons (Fsp3) is 0.118. The van der Waals surface area contributed by atoms with E-state index in [2.05, 4.69) is 4.98 Å². The van der Waals surface area contributed by atoms with Gasteiger partial charge in [-0.3, -0.25) is 9.36 Å². The number of benzene rings is 1. The van der Waals surface area contributed by atoms with Crippen LogP contribution in [0.4, 0.5) is 0 Å². The van der Waals surface area contributed by atoms with Gasteiger partial charge in [-0.15, -0.1) is 0 Å². The van der Waals surface area contributed by atoms with Gasteiger partial charge in [-0.2, -0.15) is 0 Å². The normalized spacial score (nSPS) is 10.7. The molecule has 0 amide bonds. The molecule has 0 saturated carbocycles. The number of carboxylic acids is 1. The number of nitrogens with zero attached hydrogens (tertiary/aromatic N) is 2. The fourth-order valence-electron chi connectivity index (χ4n) is 2.45. The lowest BCUT2D eigenvalue weighted by Gasteiger charge is -2.10. The van der Waals surface area contributed by atoms with Gasteiger partial charge in [0.05, 0.1) is 0 Å². The number of aryl methyl sites for hydroxylation is 2. The molecule has 2 heterocycles. The van der Waals surface area contributed by atoms with E-state index < -0.39 is 11.5 Å². The van der Waals surface area contributed by atoms with Crippen LogP contribution in [0.15, 0.2) is 59.5 Å². The highest BCUT2D eigenvalue weighted by molar-refractivity contribution is 5.91. The Kier molecular flexibility index (Phi) is 3.70. The molecule has 5 heteroatoms. The monoisotopic (exact) mass is 294 g/mol. The molecule has 1 aromatic carbocycles. The van der Waals surface area contributed by atoms with Crippen LogP contribution in [0, 0.1) is 0 Å². The van der Waals surface area contributed by atoms with Crippen molar-refractivity contribution in [1.29, 1.82) is 0 Å². The first-order chi connectivity index (χ1) is 10.7. The van der Waals surface area contributed by atoms with Gasteiger partial charge in [0.2, 0.25) is 0 Å². The second kappa shape index (κ2) is 5.81. The van der Waals surface area contributed by atoms with E-state index in [1.807, 2.05) is 30.3 Å². The highest BCUT2D eigenvalue weighted by Crippen LogP contribution is 2.12. The van der Waals surface area contributed by atoms with Crippen LogP contribution in [0.5, 0.6) is 0 Å². The molecule has 22 heavy (non-hydrogen) atoms. The van der Waals surface area contributed by atoms with E-state index in [4.69, 9.17) is 0 Å². The Bertz CT molecular complexity index is 885. The number of fused-ring (bicyclic) bond motifs is 1. The van der Waals surface area contributed by atoms with E-state index >= 15 is 0 Å². The minimum atomic E-state index is -1.22. The maximum atomic E-state index is 12.4. The van der Waals surface area contributed by atoms with Crippen LogP contribution >= 0.6 is 0 Å². The summed E-state index contributed by atoms with van der Waals surface area (Å²) in [5.74, 6) is -1.22. The number of hydrogen-bond donors (Lipinski definition) is 1. The molecule has 3 aromatic rings. The van der Waals surface area contributed by atoms with E-state index in [1.165, 1.54) is 10.6 Å². The topological polar surface area (TPSA) is 72.2 Å². The molecular formula is C17H14N2O3. The Morgan fingerprint density at radius 2 is 1.91 bits per heavy atom. The summed E-state index contributed by atoms with van der Waals surface area (Å²) in [6.45, 7) is 0.386. The van der Waals surface area contributed by atoms with Crippen molar-refractivity contribution in [2.75, 3.05) is 0 Å². The average molecular weight is 294 g/mol. The minimum Gasteiger partial charge on any atom is -0.477 e. The maximum Gasteiger partial charge on any atom is 0.341 e. The van der Waals surface area contributed by atoms with Gasteiger partial charge in [0.15, 0.2) is 0 Å². The lowest BCUT2D eigenvalue weighted by molar-refractivity contribution is 0.0694. The number of pyridine rings is 2. The minimum absolute atomic E-state index is 0.228. The second-order valence-corrected chi connectivity index (χ2v) is 4.97. The molecule has 0 unspecified atom stereocenters. The van der Waals surface area contributed by atoms with E-state index in [9.17, 15) is 14.7 Å². The number of hydrogen-bond acceptors (Lipinski definition) is 3. The van der Waals surface area contributed by atoms with E-state index in [-0.39, 0.29) is 5.56 Å². The summed E-state index contributed by atoms with van der Waals surface area (Å²) in [5.41, 5.74) is 0.843. The fourth-order valence-corrected chi connectivity index (χ4v) is 2.45. The summed E-state index contributed by atoms with van der Waals surface area (Å²) in [6, 6.07) is 14.6. The summed E-state index contributed by atoms with van der Waals surface area (Å²) in [6.07, 6.45) is 2.23. The van der Waals surface area contributed by atoms with Crippen LogP contribution in [0.3, 0.4) is 0 Å². The molecule has 0 saturated heterocycles. The zero-order chi connectivity index (χ0) is 15.5. The van der Waals surface area contributed by atoms with Crippen molar-refractivity contribution in [2.24, 2.45) is 0 Å². The molecule has 1 N–H and O–H groups in total. The number of carboxylic acid groups (broad SMARTS) is 1. The van der Waals surface area contributed by atoms with Crippen LogP contribution in [-0.4, -0.2) is 20.6 Å². The van der Waals surface area contributed by atoms with E-state index in [0.29, 0.717) is 24.0 Å². The molecule has 0 aliphatic heterocycles. The van der Waals surface area contributed by atoms with Crippen LogP contribution in [0.2, 0.25) is 0 Å². The highest BCUT2D eigenvalue weighted by Gasteiger charge is 2.15. The molecule has 2 aromatic heterocycles. The van der Waals surface area contributed by atoms with Crippen LogP contribution in [-0.2, 0) is 13.0 Å². The molecule has 0 aliphatic carbocycles. The largest absolute Gasteiger partial charge is 0.477 e. The molecule has 5 nitrogen and oxygen atoms in total. The van der Waals surface area contributed by atoms with Crippen molar-refractivity contribution >= 4 is 17.0 Å². The quantitative estimate of drug-likeness (QED) is 0.801. The van der Waals surface area contributed by atoms with Gasteiger partial charge in [-0.05, 0) is 30.2 Å². The predicted octanol–water partition coefficient (Wildman–Crippen LogP) is 2.34. The Labute approximate surface area is 126 Å². The third kappa shape index (κ3) is 2.61.